The number of carbonyl (C=O) groups is 3. The van der Waals surface area contributed by atoms with Gasteiger partial charge in [-0.2, -0.15) is 9.97 Å². The molecule has 1 N–H and O–H groups in total. The van der Waals surface area contributed by atoms with Crippen LogP contribution in [0.25, 0.3) is 11.2 Å². The number of imidazole rings is 1. The summed E-state index contributed by atoms with van der Waals surface area (Å²) in [5.74, 6) is -0.976. The van der Waals surface area contributed by atoms with Crippen LogP contribution in [0.2, 0.25) is 5.28 Å². The van der Waals surface area contributed by atoms with E-state index in [1.165, 1.54) is 11.2 Å². The third kappa shape index (κ3) is 11.0. The Morgan fingerprint density at radius 3 is 2.18 bits per heavy atom. The molecule has 0 aliphatic carbocycles. The summed E-state index contributed by atoms with van der Waals surface area (Å²) in [5.41, 5.74) is 1.74. The molecule has 12 nitrogen and oxygen atoms in total. The predicted octanol–water partition coefficient (Wildman–Crippen LogP) is 7.23. The number of amides is 1. The van der Waals surface area contributed by atoms with Crippen LogP contribution < -0.4 is 5.32 Å². The van der Waals surface area contributed by atoms with Gasteiger partial charge in [0.2, 0.25) is 5.28 Å². The SMILES string of the molecule is CCCCCCCC(=O)O[C@@H]1[C@H](OC(=O)CCCCCCC)[C@@H](C(=O)N(C)C)O[C@H]1n1cnc2c(NCc3cccc(I)c3)nc(Cl)nc21. The van der Waals surface area contributed by atoms with E-state index in [1.54, 1.807) is 18.7 Å². The van der Waals surface area contributed by atoms with Gasteiger partial charge < -0.3 is 24.4 Å². The number of aromatic nitrogens is 4. The first-order valence-corrected chi connectivity index (χ1v) is 18.7. The van der Waals surface area contributed by atoms with Gasteiger partial charge in [-0.05, 0) is 64.7 Å². The number of halogens is 2. The molecule has 3 heterocycles. The molecule has 1 amide bonds. The minimum absolute atomic E-state index is 0.0371. The molecule has 0 saturated carbocycles. The Hall–Kier alpha value is -3.04. The second kappa shape index (κ2) is 19.4. The van der Waals surface area contributed by atoms with Crippen molar-refractivity contribution in [2.75, 3.05) is 19.4 Å². The lowest BCUT2D eigenvalue weighted by molar-refractivity contribution is -0.169. The van der Waals surface area contributed by atoms with E-state index in [2.05, 4.69) is 62.8 Å². The Labute approximate surface area is 307 Å². The van der Waals surface area contributed by atoms with Gasteiger partial charge in [-0.1, -0.05) is 77.3 Å². The first-order valence-electron chi connectivity index (χ1n) is 17.3. The van der Waals surface area contributed by atoms with Crippen molar-refractivity contribution in [2.45, 2.75) is 122 Å². The molecule has 268 valence electrons. The highest BCUT2D eigenvalue weighted by Gasteiger charge is 2.54. The van der Waals surface area contributed by atoms with Crippen LogP contribution in [0.5, 0.6) is 0 Å². The summed E-state index contributed by atoms with van der Waals surface area (Å²) in [6, 6.07) is 8.03. The topological polar surface area (TPSA) is 138 Å². The quantitative estimate of drug-likeness (QED) is 0.0572. The highest BCUT2D eigenvalue weighted by atomic mass is 127. The van der Waals surface area contributed by atoms with E-state index in [4.69, 9.17) is 25.8 Å². The van der Waals surface area contributed by atoms with Gasteiger partial charge in [-0.15, -0.1) is 0 Å². The molecule has 1 saturated heterocycles. The van der Waals surface area contributed by atoms with Crippen molar-refractivity contribution >= 4 is 69.0 Å². The molecule has 4 rings (SSSR count). The molecule has 0 bridgehead atoms. The van der Waals surface area contributed by atoms with Crippen molar-refractivity contribution in [3.8, 4) is 0 Å². The molecule has 2 aromatic heterocycles. The number of hydrogen-bond acceptors (Lipinski definition) is 10. The fourth-order valence-electron chi connectivity index (χ4n) is 5.77. The van der Waals surface area contributed by atoms with E-state index < -0.39 is 42.4 Å². The Kier molecular flexibility index (Phi) is 15.3. The number of esters is 2. The summed E-state index contributed by atoms with van der Waals surface area (Å²) in [5, 5.41) is 3.26. The zero-order valence-electron chi connectivity index (χ0n) is 28.8. The number of likely N-dealkylation sites (N-methyl/N-ethyl adjacent to an activating group) is 1. The average molecular weight is 811 g/mol. The molecule has 1 fully saturated rings. The summed E-state index contributed by atoms with van der Waals surface area (Å²) in [7, 11) is 3.18. The van der Waals surface area contributed by atoms with Crippen LogP contribution >= 0.6 is 34.2 Å². The molecule has 1 aliphatic heterocycles. The highest BCUT2D eigenvalue weighted by Crippen LogP contribution is 2.37. The van der Waals surface area contributed by atoms with E-state index in [1.807, 2.05) is 18.2 Å². The molecule has 14 heteroatoms. The fraction of sp³-hybridized carbons (Fsp3) is 0.600. The lowest BCUT2D eigenvalue weighted by Crippen LogP contribution is -2.45. The summed E-state index contributed by atoms with van der Waals surface area (Å²) in [6.07, 6.45) is 6.69. The minimum atomic E-state index is -1.24. The summed E-state index contributed by atoms with van der Waals surface area (Å²) >= 11 is 8.68. The average Bonchev–Trinajstić information content (AvgIpc) is 3.64. The first-order chi connectivity index (χ1) is 23.6. The number of benzene rings is 1. The van der Waals surface area contributed by atoms with Gasteiger partial charge in [0, 0.05) is 37.1 Å². The molecule has 49 heavy (non-hydrogen) atoms. The Bertz CT molecular complexity index is 1550. The van der Waals surface area contributed by atoms with Gasteiger partial charge in [0.05, 0.1) is 6.33 Å². The van der Waals surface area contributed by atoms with Crippen molar-refractivity contribution in [3.05, 3.63) is 45.0 Å². The monoisotopic (exact) mass is 810 g/mol. The second-order valence-electron chi connectivity index (χ2n) is 12.6. The van der Waals surface area contributed by atoms with Crippen molar-refractivity contribution in [3.63, 3.8) is 0 Å². The maximum atomic E-state index is 13.5. The number of anilines is 1. The highest BCUT2D eigenvalue weighted by molar-refractivity contribution is 14.1. The van der Waals surface area contributed by atoms with Gasteiger partial charge in [0.1, 0.15) is 0 Å². The van der Waals surface area contributed by atoms with Gasteiger partial charge in [0.25, 0.3) is 5.91 Å². The predicted molar refractivity (Wildman–Crippen MR) is 196 cm³/mol. The number of hydrogen-bond donors (Lipinski definition) is 1. The number of ether oxygens (including phenoxy) is 3. The Morgan fingerprint density at radius 2 is 1.57 bits per heavy atom. The molecule has 0 unspecified atom stereocenters. The standard InChI is InChI=1S/C35H48ClIN6O6/c1-5-7-9-11-13-18-25(44)47-28-29(33(46)42(3)4)49-34(30(28)48-26(45)19-14-12-10-8-6-2)43-22-39-27-31(40-35(36)41-32(27)43)38-21-23-16-15-17-24(37)20-23/h15-17,20,22,28-30,34H,5-14,18-19,21H2,1-4H3,(H,38,40,41)/t28-,29+,30-,34-/m1/s1. The smallest absolute Gasteiger partial charge is 0.306 e. The number of nitrogens with one attached hydrogen (secondary N) is 1. The Morgan fingerprint density at radius 1 is 0.939 bits per heavy atom. The van der Waals surface area contributed by atoms with E-state index in [-0.39, 0.29) is 18.1 Å². The van der Waals surface area contributed by atoms with Crippen LogP contribution in [0.4, 0.5) is 5.82 Å². The van der Waals surface area contributed by atoms with E-state index in [9.17, 15) is 14.4 Å². The summed E-state index contributed by atoms with van der Waals surface area (Å²) < 4.78 is 21.0. The van der Waals surface area contributed by atoms with E-state index in [0.717, 1.165) is 60.5 Å². The van der Waals surface area contributed by atoms with Crippen molar-refractivity contribution in [1.29, 1.82) is 0 Å². The maximum Gasteiger partial charge on any atom is 0.306 e. The van der Waals surface area contributed by atoms with Crippen molar-refractivity contribution in [2.24, 2.45) is 0 Å². The van der Waals surface area contributed by atoms with Gasteiger partial charge in [-0.3, -0.25) is 19.0 Å². The van der Waals surface area contributed by atoms with Gasteiger partial charge in [0.15, 0.2) is 41.5 Å². The number of rotatable bonds is 19. The summed E-state index contributed by atoms with van der Waals surface area (Å²) in [6.45, 7) is 4.72. The molecule has 0 radical (unpaired) electrons. The molecule has 0 spiro atoms. The van der Waals surface area contributed by atoms with E-state index >= 15 is 0 Å². The van der Waals surface area contributed by atoms with Crippen LogP contribution in [0.1, 0.15) is 103 Å². The third-order valence-corrected chi connectivity index (χ3v) is 9.23. The van der Waals surface area contributed by atoms with Crippen molar-refractivity contribution in [1.82, 2.24) is 24.4 Å². The lowest BCUT2D eigenvalue weighted by Gasteiger charge is -2.25. The lowest BCUT2D eigenvalue weighted by atomic mass is 10.1. The number of unbranched alkanes of at least 4 members (excludes halogenated alkanes) is 8. The molecule has 3 aromatic rings. The van der Waals surface area contributed by atoms with Crippen LogP contribution in [0.3, 0.4) is 0 Å². The summed E-state index contributed by atoms with van der Waals surface area (Å²) in [4.78, 5) is 54.7. The molecule has 1 aliphatic rings. The fourth-order valence-corrected chi connectivity index (χ4v) is 6.54. The van der Waals surface area contributed by atoms with Crippen molar-refractivity contribution < 1.29 is 28.6 Å². The van der Waals surface area contributed by atoms with Gasteiger partial charge >= 0.3 is 11.9 Å². The number of carbonyl (C=O) groups excluding carboxylic acids is 3. The number of nitrogens with zero attached hydrogens (tertiary/aromatic N) is 5. The third-order valence-electron chi connectivity index (χ3n) is 8.39. The van der Waals surface area contributed by atoms with Gasteiger partial charge in [-0.25, -0.2) is 4.98 Å². The normalized spacial score (nSPS) is 18.8. The number of fused-ring (bicyclic) bond motifs is 1. The maximum absolute atomic E-state index is 13.5. The molecule has 1 aromatic carbocycles. The molecular formula is C35H48ClIN6O6. The van der Waals surface area contributed by atoms with E-state index in [0.29, 0.717) is 36.4 Å². The van der Waals surface area contributed by atoms with Crippen LogP contribution in [0.15, 0.2) is 30.6 Å². The van der Waals surface area contributed by atoms with Crippen LogP contribution in [0, 0.1) is 3.57 Å². The van der Waals surface area contributed by atoms with Crippen LogP contribution in [-0.2, 0) is 35.1 Å². The second-order valence-corrected chi connectivity index (χ2v) is 14.1. The first kappa shape index (κ1) is 38.8. The van der Waals surface area contributed by atoms with Crippen LogP contribution in [-0.4, -0.2) is 74.7 Å². The zero-order chi connectivity index (χ0) is 35.3. The Balaban J connectivity index is 1.65. The molecular weight excluding hydrogens is 763 g/mol. The largest absolute Gasteiger partial charge is 0.455 e. The minimum Gasteiger partial charge on any atom is -0.455 e. The molecule has 4 atom stereocenters. The zero-order valence-corrected chi connectivity index (χ0v) is 31.7.